The van der Waals surface area contributed by atoms with Crippen molar-refractivity contribution in [3.63, 3.8) is 0 Å². The van der Waals surface area contributed by atoms with E-state index in [1.54, 1.807) is 27.7 Å². The van der Waals surface area contributed by atoms with Gasteiger partial charge in [0, 0.05) is 31.8 Å². The van der Waals surface area contributed by atoms with E-state index in [9.17, 15) is 28.8 Å². The van der Waals surface area contributed by atoms with Crippen molar-refractivity contribution in [1.29, 1.82) is 0 Å². The van der Waals surface area contributed by atoms with Crippen LogP contribution in [0.2, 0.25) is 0 Å². The lowest BCUT2D eigenvalue weighted by Crippen LogP contribution is -2.54. The summed E-state index contributed by atoms with van der Waals surface area (Å²) >= 11 is 0. The minimum Gasteiger partial charge on any atom is -0.461 e. The Morgan fingerprint density at radius 2 is 1.18 bits per heavy atom. The minimum absolute atomic E-state index is 0.0548. The molecule has 0 saturated carbocycles. The Morgan fingerprint density at radius 1 is 0.636 bits per heavy atom. The summed E-state index contributed by atoms with van der Waals surface area (Å²) in [5.74, 6) is -2.43. The molecule has 2 aromatic carbocycles. The van der Waals surface area contributed by atoms with Gasteiger partial charge in [0.2, 0.25) is 17.7 Å². The average molecular weight is 768 g/mol. The van der Waals surface area contributed by atoms with Crippen LogP contribution in [0.15, 0.2) is 60.7 Å². The zero-order valence-electron chi connectivity index (χ0n) is 32.9. The van der Waals surface area contributed by atoms with Crippen LogP contribution in [-0.4, -0.2) is 72.6 Å². The second-order valence-corrected chi connectivity index (χ2v) is 14.5. The maximum atomic E-state index is 13.8. The number of nitrogens with two attached hydrogens (primary N) is 1. The number of rotatable bonds is 25. The van der Waals surface area contributed by atoms with Gasteiger partial charge in [-0.3, -0.25) is 24.0 Å². The number of hydrogen-bond donors (Lipinski definition) is 5. The summed E-state index contributed by atoms with van der Waals surface area (Å²) < 4.78 is 16.0. The first-order valence-corrected chi connectivity index (χ1v) is 19.2. The summed E-state index contributed by atoms with van der Waals surface area (Å²) in [4.78, 5) is 77.4. The number of alkyl carbamates (subject to hydrolysis) is 1. The summed E-state index contributed by atoms with van der Waals surface area (Å²) in [5, 5.41) is 11.1. The van der Waals surface area contributed by atoms with Crippen molar-refractivity contribution < 1.29 is 43.0 Å². The van der Waals surface area contributed by atoms with Crippen LogP contribution < -0.4 is 27.0 Å². The first-order chi connectivity index (χ1) is 26.3. The Labute approximate surface area is 325 Å². The number of carbonyl (C=O) groups is 6. The van der Waals surface area contributed by atoms with E-state index in [0.29, 0.717) is 32.4 Å². The molecule has 0 aliphatic rings. The first-order valence-electron chi connectivity index (χ1n) is 19.2. The van der Waals surface area contributed by atoms with Crippen LogP contribution in [0.5, 0.6) is 0 Å². The standard InChI is InChI=1S/C41H61N5O9/c1-30(22-24-36(48)53-28-31-16-8-5-9-17-31)44-38(50)34(23-25-37(49)54-29-32-18-10-6-11-19-32)46-39(51)33(45-35(47)21-12-7-14-26-42)20-13-15-27-43-40(52)55-41(2,3)4/h5-6,8-11,16-19,30,33-34H,7,12-15,20-29,42H2,1-4H3,(H,43,52)(H,44,50)(H,45,47)(H,46,51). The Balaban J connectivity index is 2.07. The predicted octanol–water partition coefficient (Wildman–Crippen LogP) is 4.72. The molecule has 0 saturated heterocycles. The Bertz CT molecular complexity index is 1470. The van der Waals surface area contributed by atoms with E-state index in [0.717, 1.165) is 24.0 Å². The molecule has 14 heteroatoms. The molecule has 0 heterocycles. The number of hydrogen-bond acceptors (Lipinski definition) is 10. The molecule has 3 unspecified atom stereocenters. The fraction of sp³-hybridized carbons (Fsp3) is 0.561. The molecule has 0 fully saturated rings. The molecule has 0 bridgehead atoms. The van der Waals surface area contributed by atoms with Crippen molar-refractivity contribution in [3.05, 3.63) is 71.8 Å². The van der Waals surface area contributed by atoms with Gasteiger partial charge in [-0.2, -0.15) is 0 Å². The van der Waals surface area contributed by atoms with Gasteiger partial charge in [-0.1, -0.05) is 67.1 Å². The van der Waals surface area contributed by atoms with Crippen molar-refractivity contribution in [2.45, 2.75) is 135 Å². The number of carbonyl (C=O) groups excluding carboxylic acids is 6. The third-order valence-electron chi connectivity index (χ3n) is 8.27. The number of esters is 2. The van der Waals surface area contributed by atoms with Crippen molar-refractivity contribution >= 4 is 35.8 Å². The number of nitrogens with one attached hydrogen (secondary N) is 4. The third-order valence-corrected chi connectivity index (χ3v) is 8.27. The molecule has 6 N–H and O–H groups in total. The molecule has 2 aromatic rings. The molecular formula is C41H61N5O9. The fourth-order valence-electron chi connectivity index (χ4n) is 5.29. The number of unbranched alkanes of at least 4 members (excludes halogenated alkanes) is 3. The van der Waals surface area contributed by atoms with Crippen LogP contribution in [0, 0.1) is 0 Å². The highest BCUT2D eigenvalue weighted by Gasteiger charge is 2.28. The normalized spacial score (nSPS) is 12.7. The molecule has 304 valence electrons. The highest BCUT2D eigenvalue weighted by Crippen LogP contribution is 2.11. The fourth-order valence-corrected chi connectivity index (χ4v) is 5.29. The zero-order chi connectivity index (χ0) is 40.5. The van der Waals surface area contributed by atoms with Gasteiger partial charge in [-0.05, 0) is 90.3 Å². The summed E-state index contributed by atoms with van der Waals surface area (Å²) in [7, 11) is 0. The monoisotopic (exact) mass is 767 g/mol. The highest BCUT2D eigenvalue weighted by atomic mass is 16.6. The van der Waals surface area contributed by atoms with E-state index in [1.807, 2.05) is 60.7 Å². The quantitative estimate of drug-likeness (QED) is 0.0534. The molecule has 0 spiro atoms. The molecule has 2 rings (SSSR count). The largest absolute Gasteiger partial charge is 0.461 e. The number of ether oxygens (including phenoxy) is 3. The van der Waals surface area contributed by atoms with E-state index < -0.39 is 53.6 Å². The highest BCUT2D eigenvalue weighted by molar-refractivity contribution is 5.92. The Morgan fingerprint density at radius 3 is 1.75 bits per heavy atom. The van der Waals surface area contributed by atoms with Gasteiger partial charge in [0.25, 0.3) is 0 Å². The maximum absolute atomic E-state index is 13.8. The van der Waals surface area contributed by atoms with Crippen molar-refractivity contribution in [3.8, 4) is 0 Å². The summed E-state index contributed by atoms with van der Waals surface area (Å²) in [6.07, 6.45) is 3.07. The predicted molar refractivity (Wildman–Crippen MR) is 208 cm³/mol. The van der Waals surface area contributed by atoms with E-state index in [1.165, 1.54) is 0 Å². The van der Waals surface area contributed by atoms with Crippen molar-refractivity contribution in [2.24, 2.45) is 5.73 Å². The minimum atomic E-state index is -1.15. The van der Waals surface area contributed by atoms with E-state index >= 15 is 0 Å². The molecule has 0 aliphatic heterocycles. The molecule has 14 nitrogen and oxygen atoms in total. The second kappa shape index (κ2) is 25.9. The van der Waals surface area contributed by atoms with Crippen LogP contribution in [0.3, 0.4) is 0 Å². The van der Waals surface area contributed by atoms with Gasteiger partial charge in [0.15, 0.2) is 0 Å². The SMILES string of the molecule is CC(CCC(=O)OCc1ccccc1)NC(=O)C(CCC(=O)OCc1ccccc1)NC(=O)C(CCCCNC(=O)OC(C)(C)C)NC(=O)CCCCCN. The smallest absolute Gasteiger partial charge is 0.407 e. The molecule has 0 aliphatic carbocycles. The van der Waals surface area contributed by atoms with Gasteiger partial charge in [-0.15, -0.1) is 0 Å². The number of amides is 4. The zero-order valence-corrected chi connectivity index (χ0v) is 32.9. The van der Waals surface area contributed by atoms with Gasteiger partial charge in [-0.25, -0.2) is 4.79 Å². The lowest BCUT2D eigenvalue weighted by molar-refractivity contribution is -0.146. The second-order valence-electron chi connectivity index (χ2n) is 14.5. The van der Waals surface area contributed by atoms with Crippen molar-refractivity contribution in [2.75, 3.05) is 13.1 Å². The Hall–Kier alpha value is -4.98. The topological polar surface area (TPSA) is 204 Å². The van der Waals surface area contributed by atoms with E-state index in [-0.39, 0.29) is 57.6 Å². The van der Waals surface area contributed by atoms with Gasteiger partial charge in [0.05, 0.1) is 0 Å². The Kier molecular flexibility index (Phi) is 21.8. The molecular weight excluding hydrogens is 706 g/mol. The van der Waals surface area contributed by atoms with E-state index in [4.69, 9.17) is 19.9 Å². The maximum Gasteiger partial charge on any atom is 0.407 e. The summed E-state index contributed by atoms with van der Waals surface area (Å²) in [6, 6.07) is 15.8. The number of benzene rings is 2. The van der Waals surface area contributed by atoms with Crippen LogP contribution in [0.4, 0.5) is 4.79 Å². The first kappa shape index (κ1) is 46.2. The lowest BCUT2D eigenvalue weighted by atomic mass is 10.0. The van der Waals surface area contributed by atoms with Gasteiger partial charge in [0.1, 0.15) is 30.9 Å². The average Bonchev–Trinajstić information content (AvgIpc) is 3.15. The van der Waals surface area contributed by atoms with Crippen LogP contribution in [-0.2, 0) is 51.4 Å². The molecule has 3 atom stereocenters. The van der Waals surface area contributed by atoms with Gasteiger partial charge >= 0.3 is 18.0 Å². The summed E-state index contributed by atoms with van der Waals surface area (Å²) in [5.41, 5.74) is 6.59. The van der Waals surface area contributed by atoms with E-state index in [2.05, 4.69) is 21.3 Å². The van der Waals surface area contributed by atoms with Gasteiger partial charge < -0.3 is 41.2 Å². The molecule has 0 aromatic heterocycles. The van der Waals surface area contributed by atoms with Crippen molar-refractivity contribution in [1.82, 2.24) is 21.3 Å². The summed E-state index contributed by atoms with van der Waals surface area (Å²) in [6.45, 7) is 8.04. The lowest BCUT2D eigenvalue weighted by Gasteiger charge is -2.25. The third kappa shape index (κ3) is 22.1. The van der Waals surface area contributed by atoms with Crippen LogP contribution in [0.25, 0.3) is 0 Å². The molecule has 55 heavy (non-hydrogen) atoms. The van der Waals surface area contributed by atoms with Crippen LogP contribution >= 0.6 is 0 Å². The molecule has 4 amide bonds. The van der Waals surface area contributed by atoms with Crippen LogP contribution in [0.1, 0.15) is 109 Å². The molecule has 0 radical (unpaired) electrons.